The number of nitrogens with zero attached hydrogens (tertiary/aromatic N) is 2. The Hall–Kier alpha value is -3.24. The van der Waals surface area contributed by atoms with E-state index in [1.165, 1.54) is 23.5 Å². The number of alkyl halides is 3. The van der Waals surface area contributed by atoms with Crippen molar-refractivity contribution in [1.29, 1.82) is 0 Å². The van der Waals surface area contributed by atoms with Gasteiger partial charge in [-0.05, 0) is 43.3 Å². The molecular formula is C21H11ClF4N2O3S. The second kappa shape index (κ2) is 7.72. The van der Waals surface area contributed by atoms with Crippen LogP contribution in [0.2, 0.25) is 5.02 Å². The Labute approximate surface area is 186 Å². The standard InChI is InChI=1S/C21H11ClF4N2O3S/c1-9-7-15-18(32-9)17(11-6-5-10(20(30)31)8-14(11)23)27-28(15)19(29)16-12(21(24,25)26)3-2-4-13(16)22/h2-8H,1H3,(H,30,31). The van der Waals surface area contributed by atoms with E-state index in [2.05, 4.69) is 5.10 Å². The van der Waals surface area contributed by atoms with E-state index in [1.807, 2.05) is 0 Å². The zero-order valence-corrected chi connectivity index (χ0v) is 17.6. The number of hydrogen-bond acceptors (Lipinski definition) is 4. The quantitative estimate of drug-likeness (QED) is 0.349. The van der Waals surface area contributed by atoms with Crippen LogP contribution in [0.1, 0.15) is 31.2 Å². The van der Waals surface area contributed by atoms with Crippen LogP contribution in [-0.4, -0.2) is 26.8 Å². The molecule has 0 atom stereocenters. The lowest BCUT2D eigenvalue weighted by Crippen LogP contribution is -2.20. The van der Waals surface area contributed by atoms with E-state index in [1.54, 1.807) is 13.0 Å². The number of aryl methyl sites for hydroxylation is 1. The van der Waals surface area contributed by atoms with Crippen molar-refractivity contribution in [3.63, 3.8) is 0 Å². The van der Waals surface area contributed by atoms with E-state index < -0.39 is 40.0 Å². The van der Waals surface area contributed by atoms with Gasteiger partial charge in [0.05, 0.1) is 31.9 Å². The number of benzene rings is 2. The Morgan fingerprint density at radius 3 is 2.50 bits per heavy atom. The van der Waals surface area contributed by atoms with Crippen molar-refractivity contribution in [3.05, 3.63) is 74.9 Å². The minimum atomic E-state index is -4.84. The zero-order chi connectivity index (χ0) is 23.4. The maximum atomic E-state index is 14.7. The van der Waals surface area contributed by atoms with Gasteiger partial charge in [0, 0.05) is 10.4 Å². The van der Waals surface area contributed by atoms with E-state index in [0.29, 0.717) is 9.58 Å². The minimum Gasteiger partial charge on any atom is -0.478 e. The first-order valence-electron chi connectivity index (χ1n) is 8.92. The number of thiophene rings is 1. The summed E-state index contributed by atoms with van der Waals surface area (Å²) in [6.45, 7) is 1.71. The van der Waals surface area contributed by atoms with Crippen molar-refractivity contribution in [1.82, 2.24) is 9.78 Å². The third kappa shape index (κ3) is 3.65. The maximum Gasteiger partial charge on any atom is 0.417 e. The van der Waals surface area contributed by atoms with Gasteiger partial charge in [0.15, 0.2) is 0 Å². The van der Waals surface area contributed by atoms with Crippen LogP contribution in [0.3, 0.4) is 0 Å². The number of aromatic nitrogens is 2. The van der Waals surface area contributed by atoms with Crippen LogP contribution < -0.4 is 0 Å². The first kappa shape index (κ1) is 22.0. The molecule has 0 bridgehead atoms. The lowest BCUT2D eigenvalue weighted by atomic mass is 10.1. The van der Waals surface area contributed by atoms with Crippen LogP contribution >= 0.6 is 22.9 Å². The number of hydrogen-bond donors (Lipinski definition) is 1. The van der Waals surface area contributed by atoms with Gasteiger partial charge in [-0.15, -0.1) is 11.3 Å². The van der Waals surface area contributed by atoms with Gasteiger partial charge in [-0.2, -0.15) is 23.0 Å². The molecule has 164 valence electrons. The number of carboxylic acid groups (broad SMARTS) is 1. The summed E-state index contributed by atoms with van der Waals surface area (Å²) in [5.74, 6) is -3.35. The monoisotopic (exact) mass is 482 g/mol. The molecule has 4 aromatic rings. The molecule has 0 saturated carbocycles. The molecule has 0 saturated heterocycles. The molecule has 2 aromatic heterocycles. The fraction of sp³-hybridized carbons (Fsp3) is 0.0952. The van der Waals surface area contributed by atoms with Crippen molar-refractivity contribution in [3.8, 4) is 11.3 Å². The Balaban J connectivity index is 1.95. The number of carbonyl (C=O) groups is 2. The Morgan fingerprint density at radius 1 is 1.16 bits per heavy atom. The van der Waals surface area contributed by atoms with Crippen molar-refractivity contribution in [2.45, 2.75) is 13.1 Å². The van der Waals surface area contributed by atoms with Gasteiger partial charge >= 0.3 is 12.1 Å². The predicted octanol–water partition coefficient (Wildman–Crippen LogP) is 6.27. The lowest BCUT2D eigenvalue weighted by Gasteiger charge is -2.13. The molecule has 11 heteroatoms. The molecule has 2 heterocycles. The summed E-state index contributed by atoms with van der Waals surface area (Å²) in [5.41, 5.74) is -2.19. The van der Waals surface area contributed by atoms with Crippen LogP contribution in [0.25, 0.3) is 21.5 Å². The molecule has 0 amide bonds. The number of carbonyl (C=O) groups excluding carboxylic acids is 1. The normalized spacial score (nSPS) is 11.8. The number of aromatic carboxylic acids is 1. The van der Waals surface area contributed by atoms with Gasteiger partial charge in [0.1, 0.15) is 11.5 Å². The van der Waals surface area contributed by atoms with Gasteiger partial charge in [-0.3, -0.25) is 4.79 Å². The maximum absolute atomic E-state index is 14.7. The highest BCUT2D eigenvalue weighted by Gasteiger charge is 2.37. The van der Waals surface area contributed by atoms with Crippen LogP contribution in [0.5, 0.6) is 0 Å². The zero-order valence-electron chi connectivity index (χ0n) is 16.0. The first-order chi connectivity index (χ1) is 15.0. The topological polar surface area (TPSA) is 72.2 Å². The minimum absolute atomic E-state index is 0.00139. The average Bonchev–Trinajstić information content (AvgIpc) is 3.24. The molecule has 5 nitrogen and oxygen atoms in total. The molecule has 0 spiro atoms. The number of fused-ring (bicyclic) bond motifs is 1. The summed E-state index contributed by atoms with van der Waals surface area (Å²) in [7, 11) is 0. The molecule has 0 aliphatic carbocycles. The fourth-order valence-electron chi connectivity index (χ4n) is 3.28. The molecule has 4 rings (SSSR count). The van der Waals surface area contributed by atoms with E-state index in [-0.39, 0.29) is 22.3 Å². The highest BCUT2D eigenvalue weighted by molar-refractivity contribution is 7.19. The third-order valence-corrected chi connectivity index (χ3v) is 6.04. The van der Waals surface area contributed by atoms with Crippen molar-refractivity contribution < 1.29 is 32.3 Å². The SMILES string of the molecule is Cc1cc2c(s1)c(-c1ccc(C(=O)O)cc1F)nn2C(=O)c1c(Cl)cccc1C(F)(F)F. The summed E-state index contributed by atoms with van der Waals surface area (Å²) < 4.78 is 56.3. The number of carboxylic acids is 1. The second-order valence-corrected chi connectivity index (χ2v) is 8.46. The molecule has 1 N–H and O–H groups in total. The largest absolute Gasteiger partial charge is 0.478 e. The van der Waals surface area contributed by atoms with Gasteiger partial charge in [-0.25, -0.2) is 9.18 Å². The highest BCUT2D eigenvalue weighted by atomic mass is 35.5. The fourth-order valence-corrected chi connectivity index (χ4v) is 4.53. The summed E-state index contributed by atoms with van der Waals surface area (Å²) in [4.78, 5) is 25.0. The second-order valence-electron chi connectivity index (χ2n) is 6.80. The molecule has 0 radical (unpaired) electrons. The van der Waals surface area contributed by atoms with Gasteiger partial charge in [0.25, 0.3) is 5.91 Å². The van der Waals surface area contributed by atoms with Crippen LogP contribution in [0.4, 0.5) is 17.6 Å². The highest BCUT2D eigenvalue weighted by Crippen LogP contribution is 2.39. The Kier molecular flexibility index (Phi) is 5.30. The molecule has 0 unspecified atom stereocenters. The van der Waals surface area contributed by atoms with E-state index in [4.69, 9.17) is 16.7 Å². The van der Waals surface area contributed by atoms with E-state index in [0.717, 1.165) is 28.9 Å². The van der Waals surface area contributed by atoms with Gasteiger partial charge in [-0.1, -0.05) is 17.7 Å². The van der Waals surface area contributed by atoms with Gasteiger partial charge in [0.2, 0.25) is 0 Å². The number of halogens is 5. The molecule has 2 aromatic carbocycles. The van der Waals surface area contributed by atoms with Gasteiger partial charge < -0.3 is 5.11 Å². The molecule has 0 aliphatic heterocycles. The summed E-state index contributed by atoms with van der Waals surface area (Å²) in [6, 6.07) is 7.70. The molecule has 0 aliphatic rings. The van der Waals surface area contributed by atoms with Crippen LogP contribution in [0, 0.1) is 12.7 Å². The van der Waals surface area contributed by atoms with E-state index in [9.17, 15) is 27.2 Å². The molecule has 32 heavy (non-hydrogen) atoms. The Bertz CT molecular complexity index is 1410. The van der Waals surface area contributed by atoms with Crippen molar-refractivity contribution >= 4 is 45.0 Å². The van der Waals surface area contributed by atoms with Crippen LogP contribution in [-0.2, 0) is 6.18 Å². The third-order valence-electron chi connectivity index (χ3n) is 4.68. The smallest absolute Gasteiger partial charge is 0.417 e. The number of rotatable bonds is 3. The van der Waals surface area contributed by atoms with Crippen molar-refractivity contribution in [2.75, 3.05) is 0 Å². The molecule has 0 fully saturated rings. The molecular weight excluding hydrogens is 472 g/mol. The average molecular weight is 483 g/mol. The lowest BCUT2D eigenvalue weighted by molar-refractivity contribution is -0.137. The van der Waals surface area contributed by atoms with E-state index >= 15 is 0 Å². The summed E-state index contributed by atoms with van der Waals surface area (Å²) in [5, 5.41) is 12.7. The Morgan fingerprint density at radius 2 is 1.88 bits per heavy atom. The summed E-state index contributed by atoms with van der Waals surface area (Å²) in [6.07, 6.45) is -4.84. The van der Waals surface area contributed by atoms with Crippen molar-refractivity contribution in [2.24, 2.45) is 0 Å². The van der Waals surface area contributed by atoms with Crippen LogP contribution in [0.15, 0.2) is 42.5 Å². The predicted molar refractivity (Wildman–Crippen MR) is 111 cm³/mol. The first-order valence-corrected chi connectivity index (χ1v) is 10.1. The summed E-state index contributed by atoms with van der Waals surface area (Å²) >= 11 is 7.12.